The lowest BCUT2D eigenvalue weighted by Crippen LogP contribution is -2.36. The molecule has 1 aromatic heterocycles. The molecule has 2 aromatic carbocycles. The summed E-state index contributed by atoms with van der Waals surface area (Å²) in [4.78, 5) is 3.53. The number of hydrogen-bond acceptors (Lipinski definition) is 0. The Bertz CT molecular complexity index is 866. The normalized spacial score (nSPS) is 12.2. The molecule has 0 atom stereocenters. The van der Waals surface area contributed by atoms with Crippen molar-refractivity contribution in [3.63, 3.8) is 0 Å². The van der Waals surface area contributed by atoms with Crippen LogP contribution in [0.15, 0.2) is 42.6 Å². The van der Waals surface area contributed by atoms with Crippen molar-refractivity contribution in [1.82, 2.24) is 4.68 Å². The van der Waals surface area contributed by atoms with E-state index >= 15 is 0 Å². The highest BCUT2D eigenvalue weighted by molar-refractivity contribution is 5.83. The van der Waals surface area contributed by atoms with Gasteiger partial charge in [-0.15, -0.1) is 9.36 Å². The van der Waals surface area contributed by atoms with Crippen LogP contribution in [0.25, 0.3) is 21.4 Å². The molecule has 1 aliphatic rings. The number of nitrogens with zero attached hydrogens (tertiary/aromatic N) is 3. The van der Waals surface area contributed by atoms with Crippen LogP contribution in [-0.4, -0.2) is 4.68 Å². The lowest BCUT2D eigenvalue weighted by Gasteiger charge is -1.99. The summed E-state index contributed by atoms with van der Waals surface area (Å²) >= 11 is 0. The SMILES string of the molecule is [C-]#[N+]c1ccc2c[n+]3n(c2c1)-c1cc(C)ccc1C3. The number of rotatable bonds is 0. The average molecular weight is 246 g/mol. The standard InChI is InChI=1S/C16H12N3/c1-11-3-4-12-9-18-10-13-5-6-14(17-2)8-16(13)19(18)15(12)7-11/h3-8,10H,9H2,1H3/q+1. The highest BCUT2D eigenvalue weighted by Gasteiger charge is 2.27. The molecule has 90 valence electrons. The van der Waals surface area contributed by atoms with Crippen LogP contribution in [0.3, 0.4) is 0 Å². The Hall–Kier alpha value is -2.60. The van der Waals surface area contributed by atoms with E-state index in [-0.39, 0.29) is 0 Å². The van der Waals surface area contributed by atoms with E-state index in [1.54, 1.807) is 0 Å². The van der Waals surface area contributed by atoms with Gasteiger partial charge in [-0.2, -0.15) is 0 Å². The molecule has 3 aromatic rings. The second-order valence-electron chi connectivity index (χ2n) is 5.03. The van der Waals surface area contributed by atoms with Gasteiger partial charge in [-0.25, -0.2) is 4.85 Å². The highest BCUT2D eigenvalue weighted by Crippen LogP contribution is 2.28. The summed E-state index contributed by atoms with van der Waals surface area (Å²) < 4.78 is 4.43. The van der Waals surface area contributed by atoms with Gasteiger partial charge in [-0.05, 0) is 24.6 Å². The van der Waals surface area contributed by atoms with Gasteiger partial charge in [0.15, 0.2) is 12.2 Å². The number of hydrogen-bond donors (Lipinski definition) is 0. The quantitative estimate of drug-likeness (QED) is 0.334. The van der Waals surface area contributed by atoms with Crippen LogP contribution >= 0.6 is 0 Å². The van der Waals surface area contributed by atoms with Gasteiger partial charge >= 0.3 is 0 Å². The van der Waals surface area contributed by atoms with Crippen molar-refractivity contribution in [2.45, 2.75) is 13.5 Å². The van der Waals surface area contributed by atoms with Crippen molar-refractivity contribution in [2.75, 3.05) is 0 Å². The molecule has 0 aliphatic carbocycles. The molecule has 0 amide bonds. The summed E-state index contributed by atoms with van der Waals surface area (Å²) in [5.74, 6) is 0. The fourth-order valence-corrected chi connectivity index (χ4v) is 2.81. The Morgan fingerprint density at radius 1 is 1.21 bits per heavy atom. The molecule has 0 fully saturated rings. The Labute approximate surface area is 111 Å². The summed E-state index contributed by atoms with van der Waals surface area (Å²) in [5, 5.41) is 1.18. The highest BCUT2D eigenvalue weighted by atomic mass is 15.4. The van der Waals surface area contributed by atoms with E-state index < -0.39 is 0 Å². The maximum atomic E-state index is 7.16. The molecule has 1 aliphatic heterocycles. The first-order chi connectivity index (χ1) is 9.26. The minimum atomic E-state index is 0.690. The zero-order valence-electron chi connectivity index (χ0n) is 10.6. The largest absolute Gasteiger partial charge is 0.238 e. The van der Waals surface area contributed by atoms with Crippen molar-refractivity contribution < 1.29 is 4.68 Å². The predicted octanol–water partition coefficient (Wildman–Crippen LogP) is 3.14. The molecule has 0 N–H and O–H groups in total. The van der Waals surface area contributed by atoms with E-state index in [0.717, 1.165) is 12.1 Å². The zero-order chi connectivity index (χ0) is 13.0. The van der Waals surface area contributed by atoms with E-state index in [1.807, 2.05) is 18.2 Å². The van der Waals surface area contributed by atoms with Crippen molar-refractivity contribution in [1.29, 1.82) is 0 Å². The topological polar surface area (TPSA) is 13.2 Å². The Morgan fingerprint density at radius 2 is 2.11 bits per heavy atom. The van der Waals surface area contributed by atoms with Gasteiger partial charge in [0.05, 0.1) is 12.0 Å². The molecule has 0 saturated heterocycles. The summed E-state index contributed by atoms with van der Waals surface area (Å²) in [6.45, 7) is 10.2. The average Bonchev–Trinajstić information content (AvgIpc) is 2.93. The van der Waals surface area contributed by atoms with E-state index in [4.69, 9.17) is 6.57 Å². The van der Waals surface area contributed by atoms with Crippen LogP contribution in [0.4, 0.5) is 5.69 Å². The van der Waals surface area contributed by atoms with E-state index in [2.05, 4.69) is 45.5 Å². The summed E-state index contributed by atoms with van der Waals surface area (Å²) in [7, 11) is 0. The molecule has 0 radical (unpaired) electrons. The fraction of sp³-hybridized carbons (Fsp3) is 0.125. The number of benzene rings is 2. The minimum Gasteiger partial charge on any atom is -0.238 e. The molecule has 19 heavy (non-hydrogen) atoms. The number of aryl methyl sites for hydroxylation is 1. The van der Waals surface area contributed by atoms with Crippen molar-refractivity contribution in [3.8, 4) is 5.69 Å². The van der Waals surface area contributed by atoms with Gasteiger partial charge in [0.2, 0.25) is 6.20 Å². The number of aromatic nitrogens is 2. The van der Waals surface area contributed by atoms with Crippen molar-refractivity contribution in [2.24, 2.45) is 0 Å². The van der Waals surface area contributed by atoms with E-state index in [9.17, 15) is 0 Å². The van der Waals surface area contributed by atoms with Crippen LogP contribution in [0.2, 0.25) is 0 Å². The molecule has 0 unspecified atom stereocenters. The zero-order valence-corrected chi connectivity index (χ0v) is 10.6. The van der Waals surface area contributed by atoms with Crippen LogP contribution in [0.5, 0.6) is 0 Å². The smallest absolute Gasteiger partial charge is 0.204 e. The van der Waals surface area contributed by atoms with Crippen molar-refractivity contribution in [3.05, 3.63) is 65.1 Å². The van der Waals surface area contributed by atoms with Gasteiger partial charge in [0.25, 0.3) is 0 Å². The van der Waals surface area contributed by atoms with E-state index in [0.29, 0.717) is 5.69 Å². The lowest BCUT2D eigenvalue weighted by atomic mass is 10.1. The third-order valence-corrected chi connectivity index (χ3v) is 3.72. The van der Waals surface area contributed by atoms with Gasteiger partial charge in [0, 0.05) is 5.56 Å². The molecule has 2 heterocycles. The molecule has 3 nitrogen and oxygen atoms in total. The first-order valence-corrected chi connectivity index (χ1v) is 6.29. The maximum absolute atomic E-state index is 7.16. The molecule has 3 heteroatoms. The molecule has 0 saturated carbocycles. The van der Waals surface area contributed by atoms with Crippen molar-refractivity contribution >= 4 is 16.6 Å². The van der Waals surface area contributed by atoms with Gasteiger partial charge in [0.1, 0.15) is 11.2 Å². The Balaban J connectivity index is 2.09. The Kier molecular flexibility index (Phi) is 1.88. The molecular weight excluding hydrogens is 234 g/mol. The third kappa shape index (κ3) is 1.34. The Morgan fingerprint density at radius 3 is 2.95 bits per heavy atom. The van der Waals surface area contributed by atoms with Gasteiger partial charge in [-0.3, -0.25) is 0 Å². The molecular formula is C16H12N3+. The van der Waals surface area contributed by atoms with Crippen LogP contribution in [-0.2, 0) is 6.54 Å². The first kappa shape index (κ1) is 10.3. The fourth-order valence-electron chi connectivity index (χ4n) is 2.81. The van der Waals surface area contributed by atoms with Crippen LogP contribution in [0, 0.1) is 13.5 Å². The molecule has 4 rings (SSSR count). The lowest BCUT2D eigenvalue weighted by molar-refractivity contribution is -0.749. The summed E-state index contributed by atoms with van der Waals surface area (Å²) in [6.07, 6.45) is 2.15. The monoisotopic (exact) mass is 246 g/mol. The van der Waals surface area contributed by atoms with Gasteiger partial charge in [-0.1, -0.05) is 24.3 Å². The number of fused-ring (bicyclic) bond motifs is 5. The maximum Gasteiger partial charge on any atom is 0.204 e. The van der Waals surface area contributed by atoms with Crippen LogP contribution < -0.4 is 4.68 Å². The minimum absolute atomic E-state index is 0.690. The second-order valence-corrected chi connectivity index (χ2v) is 5.03. The molecule has 0 spiro atoms. The van der Waals surface area contributed by atoms with E-state index in [1.165, 1.54) is 22.2 Å². The summed E-state index contributed by atoms with van der Waals surface area (Å²) in [6, 6.07) is 12.4. The predicted molar refractivity (Wildman–Crippen MR) is 73.6 cm³/mol. The van der Waals surface area contributed by atoms with Gasteiger partial charge < -0.3 is 0 Å². The summed E-state index contributed by atoms with van der Waals surface area (Å²) in [5.41, 5.74) is 5.63. The second kappa shape index (κ2) is 3.46. The van der Waals surface area contributed by atoms with Crippen LogP contribution in [0.1, 0.15) is 11.1 Å². The third-order valence-electron chi connectivity index (χ3n) is 3.72. The first-order valence-electron chi connectivity index (χ1n) is 6.29. The molecule has 0 bridgehead atoms.